The zero-order valence-corrected chi connectivity index (χ0v) is 15.6. The summed E-state index contributed by atoms with van der Waals surface area (Å²) in [4.78, 5) is 22.7. The summed E-state index contributed by atoms with van der Waals surface area (Å²) in [6.07, 6.45) is 1.49. The van der Waals surface area contributed by atoms with Crippen LogP contribution in [0.25, 0.3) is 0 Å². The Kier molecular flexibility index (Phi) is 5.79. The van der Waals surface area contributed by atoms with E-state index in [-0.39, 0.29) is 23.5 Å². The van der Waals surface area contributed by atoms with Crippen LogP contribution in [0.4, 0.5) is 5.82 Å². The van der Waals surface area contributed by atoms with Crippen LogP contribution in [0.15, 0.2) is 6.07 Å². The van der Waals surface area contributed by atoms with E-state index in [4.69, 9.17) is 0 Å². The smallest absolute Gasteiger partial charge is 0.270 e. The molecule has 1 aliphatic rings. The van der Waals surface area contributed by atoms with Crippen LogP contribution in [0.3, 0.4) is 0 Å². The lowest BCUT2D eigenvalue weighted by Gasteiger charge is -2.25. The van der Waals surface area contributed by atoms with Gasteiger partial charge in [0.15, 0.2) is 9.84 Å². The number of nitrogens with one attached hydrogen (secondary N) is 1. The Balaban J connectivity index is 2.11. The zero-order valence-electron chi connectivity index (χ0n) is 14.7. The summed E-state index contributed by atoms with van der Waals surface area (Å²) in [6, 6.07) is 1.52. The van der Waals surface area contributed by atoms with Crippen LogP contribution in [0.2, 0.25) is 0 Å². The maximum atomic E-state index is 12.3. The molecule has 24 heavy (non-hydrogen) atoms. The molecule has 1 saturated heterocycles. The Morgan fingerprint density at radius 1 is 1.42 bits per heavy atom. The van der Waals surface area contributed by atoms with Crippen molar-refractivity contribution in [3.8, 4) is 0 Å². The number of aryl methyl sites for hydroxylation is 1. The van der Waals surface area contributed by atoms with Gasteiger partial charge in [-0.05, 0) is 25.7 Å². The average molecular weight is 354 g/mol. The lowest BCUT2D eigenvalue weighted by atomic mass is 10.1. The summed E-state index contributed by atoms with van der Waals surface area (Å²) in [6.45, 7) is 6.53. The first kappa shape index (κ1) is 18.6. The molecule has 134 valence electrons. The van der Waals surface area contributed by atoms with Crippen LogP contribution in [0.1, 0.15) is 43.0 Å². The largest absolute Gasteiger partial charge is 0.356 e. The molecule has 2 heterocycles. The highest BCUT2D eigenvalue weighted by molar-refractivity contribution is 7.91. The van der Waals surface area contributed by atoms with Crippen molar-refractivity contribution in [3.05, 3.63) is 17.6 Å². The van der Waals surface area contributed by atoms with Crippen LogP contribution in [0, 0.1) is 12.8 Å². The van der Waals surface area contributed by atoms with E-state index in [1.165, 1.54) is 0 Å². The number of hydrogen-bond acceptors (Lipinski definition) is 6. The number of anilines is 1. The van der Waals surface area contributed by atoms with E-state index in [0.717, 1.165) is 6.42 Å². The first-order chi connectivity index (χ1) is 11.2. The van der Waals surface area contributed by atoms with Crippen LogP contribution >= 0.6 is 0 Å². The third-order valence-corrected chi connectivity index (χ3v) is 5.93. The molecule has 1 atom stereocenters. The number of carbonyl (C=O) groups is 1. The standard InChI is InChI=1S/C16H26N4O3S/c1-11(2)5-7-17-16(21)14-9-15(19-12(3)18-14)20(4)13-6-8-24(22,23)10-13/h9,11,13H,5-8,10H2,1-4H3,(H,17,21). The molecule has 1 amide bonds. The topological polar surface area (TPSA) is 92.3 Å². The van der Waals surface area contributed by atoms with Crippen molar-refractivity contribution in [2.75, 3.05) is 30.0 Å². The van der Waals surface area contributed by atoms with Gasteiger partial charge in [-0.15, -0.1) is 0 Å². The predicted molar refractivity (Wildman–Crippen MR) is 94.0 cm³/mol. The van der Waals surface area contributed by atoms with Gasteiger partial charge in [0.25, 0.3) is 5.91 Å². The molecule has 0 bridgehead atoms. The van der Waals surface area contributed by atoms with E-state index in [0.29, 0.717) is 36.2 Å². The molecule has 1 unspecified atom stereocenters. The Morgan fingerprint density at radius 2 is 2.12 bits per heavy atom. The number of hydrogen-bond donors (Lipinski definition) is 1. The molecule has 0 aromatic carbocycles. The number of sulfone groups is 1. The van der Waals surface area contributed by atoms with Crippen molar-refractivity contribution in [1.82, 2.24) is 15.3 Å². The van der Waals surface area contributed by atoms with Crippen molar-refractivity contribution in [2.45, 2.75) is 39.7 Å². The Labute approximate surface area is 143 Å². The zero-order chi connectivity index (χ0) is 17.9. The average Bonchev–Trinajstić information content (AvgIpc) is 2.85. The highest BCUT2D eigenvalue weighted by Gasteiger charge is 2.31. The molecule has 1 aliphatic heterocycles. The number of nitrogens with zero attached hydrogens (tertiary/aromatic N) is 3. The molecule has 1 N–H and O–H groups in total. The Bertz CT molecular complexity index is 703. The molecule has 7 nitrogen and oxygen atoms in total. The molecule has 1 aromatic heterocycles. The third-order valence-electron chi connectivity index (χ3n) is 4.18. The molecule has 0 spiro atoms. The number of rotatable bonds is 6. The predicted octanol–water partition coefficient (Wildman–Crippen LogP) is 1.18. The van der Waals surface area contributed by atoms with Crippen molar-refractivity contribution in [2.24, 2.45) is 5.92 Å². The maximum absolute atomic E-state index is 12.3. The highest BCUT2D eigenvalue weighted by Crippen LogP contribution is 2.22. The monoisotopic (exact) mass is 354 g/mol. The summed E-state index contributed by atoms with van der Waals surface area (Å²) >= 11 is 0. The maximum Gasteiger partial charge on any atom is 0.270 e. The minimum atomic E-state index is -2.97. The fourth-order valence-corrected chi connectivity index (χ4v) is 4.46. The van der Waals surface area contributed by atoms with Gasteiger partial charge >= 0.3 is 0 Å². The lowest BCUT2D eigenvalue weighted by molar-refractivity contribution is 0.0946. The molecule has 0 saturated carbocycles. The second kappa shape index (κ2) is 7.46. The molecule has 0 aliphatic carbocycles. The van der Waals surface area contributed by atoms with Crippen LogP contribution < -0.4 is 10.2 Å². The summed E-state index contributed by atoms with van der Waals surface area (Å²) < 4.78 is 23.3. The van der Waals surface area contributed by atoms with Gasteiger partial charge in [0.2, 0.25) is 0 Å². The molecule has 1 fully saturated rings. The van der Waals surface area contributed by atoms with E-state index in [1.54, 1.807) is 13.0 Å². The summed E-state index contributed by atoms with van der Waals surface area (Å²) in [7, 11) is -1.16. The fraction of sp³-hybridized carbons (Fsp3) is 0.688. The van der Waals surface area contributed by atoms with Gasteiger partial charge < -0.3 is 10.2 Å². The van der Waals surface area contributed by atoms with Gasteiger partial charge in [-0.25, -0.2) is 18.4 Å². The minimum absolute atomic E-state index is 0.110. The van der Waals surface area contributed by atoms with Crippen molar-refractivity contribution in [3.63, 3.8) is 0 Å². The minimum Gasteiger partial charge on any atom is -0.356 e. The van der Waals surface area contributed by atoms with Gasteiger partial charge in [0.1, 0.15) is 17.3 Å². The van der Waals surface area contributed by atoms with E-state index in [9.17, 15) is 13.2 Å². The van der Waals surface area contributed by atoms with Gasteiger partial charge in [-0.2, -0.15) is 0 Å². The van der Waals surface area contributed by atoms with Crippen molar-refractivity contribution >= 4 is 21.6 Å². The van der Waals surface area contributed by atoms with Gasteiger partial charge in [-0.3, -0.25) is 4.79 Å². The van der Waals surface area contributed by atoms with E-state index < -0.39 is 9.84 Å². The second-order valence-corrected chi connectivity index (χ2v) is 8.99. The van der Waals surface area contributed by atoms with Crippen LogP contribution in [-0.2, 0) is 9.84 Å². The van der Waals surface area contributed by atoms with E-state index >= 15 is 0 Å². The first-order valence-electron chi connectivity index (χ1n) is 8.25. The molecule has 1 aromatic rings. The van der Waals surface area contributed by atoms with Gasteiger partial charge in [-0.1, -0.05) is 13.8 Å². The van der Waals surface area contributed by atoms with Crippen LogP contribution in [0.5, 0.6) is 0 Å². The van der Waals surface area contributed by atoms with Crippen molar-refractivity contribution in [1.29, 1.82) is 0 Å². The summed E-state index contributed by atoms with van der Waals surface area (Å²) in [5, 5.41) is 2.86. The summed E-state index contributed by atoms with van der Waals surface area (Å²) in [5.41, 5.74) is 0.314. The normalized spacial score (nSPS) is 19.5. The number of aromatic nitrogens is 2. The highest BCUT2D eigenvalue weighted by atomic mass is 32.2. The number of carbonyl (C=O) groups excluding carboxylic acids is 1. The van der Waals surface area contributed by atoms with Crippen molar-refractivity contribution < 1.29 is 13.2 Å². The van der Waals surface area contributed by atoms with Crippen LogP contribution in [-0.4, -0.2) is 55.4 Å². The first-order valence-corrected chi connectivity index (χ1v) is 10.1. The molecule has 2 rings (SSSR count). The second-order valence-electron chi connectivity index (χ2n) is 6.76. The molecular formula is C16H26N4O3S. The van der Waals surface area contributed by atoms with Gasteiger partial charge in [0, 0.05) is 25.7 Å². The van der Waals surface area contributed by atoms with Gasteiger partial charge in [0.05, 0.1) is 11.5 Å². The Morgan fingerprint density at radius 3 is 2.71 bits per heavy atom. The quantitative estimate of drug-likeness (QED) is 0.825. The van der Waals surface area contributed by atoms with E-state index in [2.05, 4.69) is 29.1 Å². The van der Waals surface area contributed by atoms with E-state index in [1.807, 2.05) is 11.9 Å². The molecule has 8 heteroatoms. The molecule has 0 radical (unpaired) electrons. The Hall–Kier alpha value is -1.70. The summed E-state index contributed by atoms with van der Waals surface area (Å²) in [5.74, 6) is 1.70. The SMILES string of the molecule is Cc1nc(C(=O)NCCC(C)C)cc(N(C)C2CCS(=O)(=O)C2)n1. The lowest BCUT2D eigenvalue weighted by Crippen LogP contribution is -2.34. The molecular weight excluding hydrogens is 328 g/mol. The fourth-order valence-electron chi connectivity index (χ4n) is 2.68. The number of amides is 1. The third kappa shape index (κ3) is 4.90.